The molecule has 1 fully saturated rings. The van der Waals surface area contributed by atoms with Crippen molar-refractivity contribution in [2.24, 2.45) is 0 Å². The average molecular weight is 380 g/mol. The number of ether oxygens (including phenoxy) is 1. The maximum atomic E-state index is 12.6. The maximum absolute atomic E-state index is 12.6. The molecular weight excluding hydrogens is 356 g/mol. The van der Waals surface area contributed by atoms with Crippen molar-refractivity contribution >= 4 is 17.5 Å². The van der Waals surface area contributed by atoms with Gasteiger partial charge in [-0.05, 0) is 32.4 Å². The van der Waals surface area contributed by atoms with Crippen molar-refractivity contribution in [2.45, 2.75) is 20.8 Å². The fourth-order valence-electron chi connectivity index (χ4n) is 3.51. The molecule has 2 aromatic heterocycles. The van der Waals surface area contributed by atoms with Crippen LogP contribution < -0.4 is 9.64 Å². The predicted octanol–water partition coefficient (Wildman–Crippen LogP) is 1.78. The predicted molar refractivity (Wildman–Crippen MR) is 106 cm³/mol. The highest BCUT2D eigenvalue weighted by Gasteiger charge is 2.23. The molecular formula is C20H24N6O2. The Bertz CT molecular complexity index is 1010. The Balaban J connectivity index is 1.37. The molecule has 1 amide bonds. The summed E-state index contributed by atoms with van der Waals surface area (Å²) in [5, 5.41) is 4.27. The van der Waals surface area contributed by atoms with Crippen LogP contribution in [-0.4, -0.2) is 63.2 Å². The van der Waals surface area contributed by atoms with E-state index in [2.05, 4.69) is 26.0 Å². The second kappa shape index (κ2) is 7.46. The van der Waals surface area contributed by atoms with Crippen LogP contribution in [0.15, 0.2) is 30.6 Å². The van der Waals surface area contributed by atoms with Gasteiger partial charge < -0.3 is 14.5 Å². The third kappa shape index (κ3) is 3.62. The van der Waals surface area contributed by atoms with Crippen LogP contribution in [0.3, 0.4) is 0 Å². The standard InChI is InChI=1S/C20H24N6O2/c1-14-4-5-17(15(2)10-14)28-12-19(27)25-8-6-24(7-9-25)18-11-16(3)23-20-21-13-22-26(18)20/h4-5,10-11,13H,6-9,12H2,1-3H3. The third-order valence-electron chi connectivity index (χ3n) is 5.00. The molecule has 28 heavy (non-hydrogen) atoms. The first-order chi connectivity index (χ1) is 13.5. The Morgan fingerprint density at radius 2 is 1.89 bits per heavy atom. The number of aryl methyl sites for hydroxylation is 3. The highest BCUT2D eigenvalue weighted by molar-refractivity contribution is 5.78. The van der Waals surface area contributed by atoms with Gasteiger partial charge in [0.05, 0.1) is 0 Å². The number of rotatable bonds is 4. The average Bonchev–Trinajstić information content (AvgIpc) is 3.15. The highest BCUT2D eigenvalue weighted by Crippen LogP contribution is 2.20. The van der Waals surface area contributed by atoms with Crippen LogP contribution in [0, 0.1) is 20.8 Å². The van der Waals surface area contributed by atoms with Crippen LogP contribution in [-0.2, 0) is 4.79 Å². The van der Waals surface area contributed by atoms with E-state index in [9.17, 15) is 4.79 Å². The van der Waals surface area contributed by atoms with Crippen molar-refractivity contribution in [3.05, 3.63) is 47.4 Å². The lowest BCUT2D eigenvalue weighted by Crippen LogP contribution is -2.50. The van der Waals surface area contributed by atoms with Crippen molar-refractivity contribution in [3.8, 4) is 5.75 Å². The second-order valence-electron chi connectivity index (χ2n) is 7.15. The van der Waals surface area contributed by atoms with E-state index >= 15 is 0 Å². The molecule has 4 rings (SSSR count). The number of nitrogens with zero attached hydrogens (tertiary/aromatic N) is 6. The summed E-state index contributed by atoms with van der Waals surface area (Å²) >= 11 is 0. The van der Waals surface area contributed by atoms with E-state index in [1.54, 1.807) is 4.52 Å². The molecule has 1 aromatic carbocycles. The van der Waals surface area contributed by atoms with Gasteiger partial charge in [0.1, 0.15) is 17.9 Å². The molecule has 0 atom stereocenters. The molecule has 0 saturated carbocycles. The van der Waals surface area contributed by atoms with Gasteiger partial charge in [0.2, 0.25) is 0 Å². The lowest BCUT2D eigenvalue weighted by Gasteiger charge is -2.35. The van der Waals surface area contributed by atoms with Crippen molar-refractivity contribution < 1.29 is 9.53 Å². The van der Waals surface area contributed by atoms with Gasteiger partial charge in [0.15, 0.2) is 6.61 Å². The Morgan fingerprint density at radius 3 is 2.64 bits per heavy atom. The minimum absolute atomic E-state index is 0.0106. The number of benzene rings is 1. The van der Waals surface area contributed by atoms with Gasteiger partial charge >= 0.3 is 0 Å². The summed E-state index contributed by atoms with van der Waals surface area (Å²) in [7, 11) is 0. The fourth-order valence-corrected chi connectivity index (χ4v) is 3.51. The topological polar surface area (TPSA) is 75.9 Å². The van der Waals surface area contributed by atoms with E-state index in [-0.39, 0.29) is 12.5 Å². The molecule has 146 valence electrons. The molecule has 3 heterocycles. The molecule has 8 nitrogen and oxygen atoms in total. The number of anilines is 1. The van der Waals surface area contributed by atoms with Crippen molar-refractivity contribution in [1.82, 2.24) is 24.5 Å². The first-order valence-corrected chi connectivity index (χ1v) is 9.41. The van der Waals surface area contributed by atoms with E-state index in [0.717, 1.165) is 35.9 Å². The zero-order chi connectivity index (χ0) is 19.7. The number of piperazine rings is 1. The van der Waals surface area contributed by atoms with Crippen LogP contribution in [0.4, 0.5) is 5.82 Å². The van der Waals surface area contributed by atoms with Gasteiger partial charge in [-0.1, -0.05) is 17.7 Å². The zero-order valence-electron chi connectivity index (χ0n) is 16.4. The van der Waals surface area contributed by atoms with Crippen LogP contribution in [0.25, 0.3) is 5.78 Å². The van der Waals surface area contributed by atoms with Crippen LogP contribution in [0.1, 0.15) is 16.8 Å². The molecule has 1 aliphatic heterocycles. The zero-order valence-corrected chi connectivity index (χ0v) is 16.4. The first-order valence-electron chi connectivity index (χ1n) is 9.41. The van der Waals surface area contributed by atoms with Crippen molar-refractivity contribution in [3.63, 3.8) is 0 Å². The second-order valence-corrected chi connectivity index (χ2v) is 7.15. The van der Waals surface area contributed by atoms with Gasteiger partial charge in [-0.25, -0.2) is 4.98 Å². The summed E-state index contributed by atoms with van der Waals surface area (Å²) in [5.74, 6) is 2.32. The third-order valence-corrected chi connectivity index (χ3v) is 5.00. The molecule has 1 aliphatic rings. The lowest BCUT2D eigenvalue weighted by atomic mass is 10.1. The SMILES string of the molecule is Cc1ccc(OCC(=O)N2CCN(c3cc(C)nc4ncnn34)CC2)c(C)c1. The summed E-state index contributed by atoms with van der Waals surface area (Å²) in [4.78, 5) is 25.2. The Morgan fingerprint density at radius 1 is 1.11 bits per heavy atom. The monoisotopic (exact) mass is 380 g/mol. The molecule has 8 heteroatoms. The minimum atomic E-state index is 0.0106. The van der Waals surface area contributed by atoms with Crippen molar-refractivity contribution in [1.29, 1.82) is 0 Å². The van der Waals surface area contributed by atoms with E-state index in [1.165, 1.54) is 11.9 Å². The van der Waals surface area contributed by atoms with Crippen LogP contribution in [0.5, 0.6) is 5.75 Å². The number of hydrogen-bond donors (Lipinski definition) is 0. The van der Waals surface area contributed by atoms with E-state index < -0.39 is 0 Å². The summed E-state index contributed by atoms with van der Waals surface area (Å²) in [6, 6.07) is 7.97. The van der Waals surface area contributed by atoms with E-state index in [1.807, 2.05) is 43.9 Å². The molecule has 0 aliphatic carbocycles. The quantitative estimate of drug-likeness (QED) is 0.687. The number of carbonyl (C=O) groups is 1. The van der Waals surface area contributed by atoms with Gasteiger partial charge in [-0.15, -0.1) is 0 Å². The molecule has 0 spiro atoms. The summed E-state index contributed by atoms with van der Waals surface area (Å²) < 4.78 is 7.49. The van der Waals surface area contributed by atoms with Crippen molar-refractivity contribution in [2.75, 3.05) is 37.7 Å². The maximum Gasteiger partial charge on any atom is 0.260 e. The first kappa shape index (κ1) is 18.2. The normalized spacial score (nSPS) is 14.5. The summed E-state index contributed by atoms with van der Waals surface area (Å²) in [6.07, 6.45) is 1.51. The summed E-state index contributed by atoms with van der Waals surface area (Å²) in [6.45, 7) is 8.79. The Hall–Kier alpha value is -3.16. The minimum Gasteiger partial charge on any atom is -0.484 e. The molecule has 0 radical (unpaired) electrons. The lowest BCUT2D eigenvalue weighted by molar-refractivity contribution is -0.133. The van der Waals surface area contributed by atoms with Gasteiger partial charge in [-0.2, -0.15) is 14.6 Å². The molecule has 3 aromatic rings. The van der Waals surface area contributed by atoms with Crippen LogP contribution >= 0.6 is 0 Å². The van der Waals surface area contributed by atoms with E-state index in [4.69, 9.17) is 4.74 Å². The van der Waals surface area contributed by atoms with Gasteiger partial charge in [0.25, 0.3) is 11.7 Å². The Labute approximate surface area is 163 Å². The number of aromatic nitrogens is 4. The molecule has 0 N–H and O–H groups in total. The van der Waals surface area contributed by atoms with E-state index in [0.29, 0.717) is 18.9 Å². The highest BCUT2D eigenvalue weighted by atomic mass is 16.5. The Kier molecular flexibility index (Phi) is 4.85. The van der Waals surface area contributed by atoms with Crippen LogP contribution in [0.2, 0.25) is 0 Å². The van der Waals surface area contributed by atoms with Gasteiger partial charge in [-0.3, -0.25) is 4.79 Å². The summed E-state index contributed by atoms with van der Waals surface area (Å²) in [5.41, 5.74) is 3.12. The number of fused-ring (bicyclic) bond motifs is 1. The fraction of sp³-hybridized carbons (Fsp3) is 0.400. The molecule has 0 bridgehead atoms. The number of carbonyl (C=O) groups excluding carboxylic acids is 1. The molecule has 0 unspecified atom stereocenters. The molecule has 1 saturated heterocycles. The smallest absolute Gasteiger partial charge is 0.260 e. The number of amides is 1. The number of hydrogen-bond acceptors (Lipinski definition) is 6. The van der Waals surface area contributed by atoms with Gasteiger partial charge in [0, 0.05) is 37.9 Å². The largest absolute Gasteiger partial charge is 0.484 e.